The number of nitrogens with zero attached hydrogens (tertiary/aromatic N) is 1. The number of aromatic nitrogens is 1. The normalized spacial score (nSPS) is 11.9. The highest BCUT2D eigenvalue weighted by molar-refractivity contribution is 5.49. The van der Waals surface area contributed by atoms with Crippen LogP contribution in [-0.4, -0.2) is 18.6 Å². The molecule has 2 rings (SSSR count). The Kier molecular flexibility index (Phi) is 4.15. The van der Waals surface area contributed by atoms with Gasteiger partial charge < -0.3 is 15.8 Å². The molecule has 4 nitrogen and oxygen atoms in total. The van der Waals surface area contributed by atoms with Gasteiger partial charge in [0.25, 0.3) is 0 Å². The molecule has 0 fully saturated rings. The summed E-state index contributed by atoms with van der Waals surface area (Å²) in [4.78, 5) is 4.31. The standard InChI is InChI=1S/C14H17N3O/c1-18-12-6-4-5-11(9-12)17-14(10-15)13-7-2-3-8-16-13/h2-9,14,17H,10,15H2,1H3. The van der Waals surface area contributed by atoms with Crippen LogP contribution in [0, 0.1) is 0 Å². The minimum Gasteiger partial charge on any atom is -0.497 e. The maximum atomic E-state index is 5.79. The monoisotopic (exact) mass is 243 g/mol. The molecule has 0 amide bonds. The summed E-state index contributed by atoms with van der Waals surface area (Å²) in [7, 11) is 1.65. The van der Waals surface area contributed by atoms with Crippen molar-refractivity contribution in [3.05, 3.63) is 54.4 Å². The first-order chi connectivity index (χ1) is 8.83. The van der Waals surface area contributed by atoms with E-state index in [4.69, 9.17) is 10.5 Å². The lowest BCUT2D eigenvalue weighted by atomic mass is 10.1. The van der Waals surface area contributed by atoms with E-state index in [1.807, 2.05) is 42.5 Å². The molecule has 0 aliphatic rings. The lowest BCUT2D eigenvalue weighted by molar-refractivity contribution is 0.415. The van der Waals surface area contributed by atoms with E-state index in [2.05, 4.69) is 10.3 Å². The molecule has 0 aliphatic heterocycles. The van der Waals surface area contributed by atoms with Gasteiger partial charge >= 0.3 is 0 Å². The highest BCUT2D eigenvalue weighted by Crippen LogP contribution is 2.21. The number of anilines is 1. The zero-order valence-electron chi connectivity index (χ0n) is 10.3. The second kappa shape index (κ2) is 6.02. The van der Waals surface area contributed by atoms with Crippen LogP contribution in [-0.2, 0) is 0 Å². The van der Waals surface area contributed by atoms with E-state index >= 15 is 0 Å². The van der Waals surface area contributed by atoms with Crippen molar-refractivity contribution in [2.24, 2.45) is 5.73 Å². The molecule has 94 valence electrons. The molecule has 1 aromatic heterocycles. The summed E-state index contributed by atoms with van der Waals surface area (Å²) < 4.78 is 5.19. The third-order valence-electron chi connectivity index (χ3n) is 2.69. The number of benzene rings is 1. The van der Waals surface area contributed by atoms with Gasteiger partial charge in [-0.15, -0.1) is 0 Å². The first-order valence-electron chi connectivity index (χ1n) is 5.85. The van der Waals surface area contributed by atoms with E-state index in [0.29, 0.717) is 6.54 Å². The Morgan fingerprint density at radius 2 is 2.17 bits per heavy atom. The summed E-state index contributed by atoms with van der Waals surface area (Å²) in [6.07, 6.45) is 1.77. The zero-order chi connectivity index (χ0) is 12.8. The summed E-state index contributed by atoms with van der Waals surface area (Å²) in [5.74, 6) is 0.816. The lowest BCUT2D eigenvalue weighted by Crippen LogP contribution is -2.21. The number of ether oxygens (including phenoxy) is 1. The maximum absolute atomic E-state index is 5.79. The SMILES string of the molecule is COc1cccc(NC(CN)c2ccccn2)c1. The predicted molar refractivity (Wildman–Crippen MR) is 72.6 cm³/mol. The molecule has 4 heteroatoms. The molecule has 0 saturated heterocycles. The highest BCUT2D eigenvalue weighted by Gasteiger charge is 2.10. The molecule has 1 atom stereocenters. The quantitative estimate of drug-likeness (QED) is 0.845. The van der Waals surface area contributed by atoms with Crippen molar-refractivity contribution >= 4 is 5.69 Å². The second-order valence-electron chi connectivity index (χ2n) is 3.92. The number of hydrogen-bond acceptors (Lipinski definition) is 4. The second-order valence-corrected chi connectivity index (χ2v) is 3.92. The Bertz CT molecular complexity index is 487. The van der Waals surface area contributed by atoms with E-state index in [1.165, 1.54) is 0 Å². The molecule has 1 aromatic carbocycles. The topological polar surface area (TPSA) is 60.2 Å². The van der Waals surface area contributed by atoms with Gasteiger partial charge in [0, 0.05) is 24.5 Å². The molecule has 1 unspecified atom stereocenters. The van der Waals surface area contributed by atoms with Crippen molar-refractivity contribution in [3.8, 4) is 5.75 Å². The van der Waals surface area contributed by atoms with Gasteiger partial charge in [-0.25, -0.2) is 0 Å². The first-order valence-corrected chi connectivity index (χ1v) is 5.85. The van der Waals surface area contributed by atoms with E-state index in [-0.39, 0.29) is 6.04 Å². The molecule has 0 spiro atoms. The van der Waals surface area contributed by atoms with Crippen molar-refractivity contribution in [2.75, 3.05) is 19.0 Å². The van der Waals surface area contributed by atoms with Crippen LogP contribution in [0.1, 0.15) is 11.7 Å². The third kappa shape index (κ3) is 2.99. The number of methoxy groups -OCH3 is 1. The average molecular weight is 243 g/mol. The summed E-state index contributed by atoms with van der Waals surface area (Å²) in [6.45, 7) is 0.480. The van der Waals surface area contributed by atoms with Crippen LogP contribution < -0.4 is 15.8 Å². The van der Waals surface area contributed by atoms with Gasteiger partial charge in [0.2, 0.25) is 0 Å². The van der Waals surface area contributed by atoms with Crippen LogP contribution in [0.4, 0.5) is 5.69 Å². The summed E-state index contributed by atoms with van der Waals surface area (Å²) in [5.41, 5.74) is 7.69. The fourth-order valence-corrected chi connectivity index (χ4v) is 1.75. The molecule has 18 heavy (non-hydrogen) atoms. The smallest absolute Gasteiger partial charge is 0.120 e. The van der Waals surface area contributed by atoms with Crippen molar-refractivity contribution in [1.82, 2.24) is 4.98 Å². The Balaban J connectivity index is 2.15. The number of hydrogen-bond donors (Lipinski definition) is 2. The van der Waals surface area contributed by atoms with Crippen LogP contribution in [0.3, 0.4) is 0 Å². The summed E-state index contributed by atoms with van der Waals surface area (Å²) >= 11 is 0. The molecule has 0 saturated carbocycles. The van der Waals surface area contributed by atoms with E-state index in [1.54, 1.807) is 13.3 Å². The summed E-state index contributed by atoms with van der Waals surface area (Å²) in [5, 5.41) is 3.35. The van der Waals surface area contributed by atoms with Gasteiger partial charge in [-0.1, -0.05) is 12.1 Å². The van der Waals surface area contributed by atoms with Crippen LogP contribution in [0.25, 0.3) is 0 Å². The van der Waals surface area contributed by atoms with Gasteiger partial charge in [0.1, 0.15) is 5.75 Å². The van der Waals surface area contributed by atoms with E-state index in [9.17, 15) is 0 Å². The van der Waals surface area contributed by atoms with Crippen LogP contribution in [0.15, 0.2) is 48.7 Å². The molecule has 3 N–H and O–H groups in total. The van der Waals surface area contributed by atoms with Crippen molar-refractivity contribution in [1.29, 1.82) is 0 Å². The molecule has 2 aromatic rings. The Morgan fingerprint density at radius 1 is 1.28 bits per heavy atom. The number of rotatable bonds is 5. The van der Waals surface area contributed by atoms with Crippen molar-refractivity contribution < 1.29 is 4.74 Å². The van der Waals surface area contributed by atoms with E-state index in [0.717, 1.165) is 17.1 Å². The Labute approximate surface area is 107 Å². The summed E-state index contributed by atoms with van der Waals surface area (Å²) in [6, 6.07) is 13.6. The molecule has 0 aliphatic carbocycles. The number of nitrogens with two attached hydrogens (primary N) is 1. The Hall–Kier alpha value is -2.07. The average Bonchev–Trinajstić information content (AvgIpc) is 2.46. The van der Waals surface area contributed by atoms with Crippen LogP contribution >= 0.6 is 0 Å². The predicted octanol–water partition coefficient (Wildman–Crippen LogP) is 2.20. The molecule has 0 radical (unpaired) electrons. The molecule has 0 bridgehead atoms. The van der Waals surface area contributed by atoms with Crippen molar-refractivity contribution in [3.63, 3.8) is 0 Å². The highest BCUT2D eigenvalue weighted by atomic mass is 16.5. The lowest BCUT2D eigenvalue weighted by Gasteiger charge is -2.17. The van der Waals surface area contributed by atoms with Crippen LogP contribution in [0.5, 0.6) is 5.75 Å². The van der Waals surface area contributed by atoms with E-state index < -0.39 is 0 Å². The number of nitrogens with one attached hydrogen (secondary N) is 1. The molecular formula is C14H17N3O. The largest absolute Gasteiger partial charge is 0.497 e. The van der Waals surface area contributed by atoms with Gasteiger partial charge in [-0.3, -0.25) is 4.98 Å². The first kappa shape index (κ1) is 12.4. The Morgan fingerprint density at radius 3 is 2.83 bits per heavy atom. The molecule has 1 heterocycles. The van der Waals surface area contributed by atoms with Gasteiger partial charge in [-0.2, -0.15) is 0 Å². The maximum Gasteiger partial charge on any atom is 0.120 e. The fraction of sp³-hybridized carbons (Fsp3) is 0.214. The third-order valence-corrected chi connectivity index (χ3v) is 2.69. The minimum atomic E-state index is -0.00157. The molecular weight excluding hydrogens is 226 g/mol. The van der Waals surface area contributed by atoms with Gasteiger partial charge in [0.15, 0.2) is 0 Å². The minimum absolute atomic E-state index is 0.00157. The number of pyridine rings is 1. The fourth-order valence-electron chi connectivity index (χ4n) is 1.75. The zero-order valence-corrected chi connectivity index (χ0v) is 10.3. The van der Waals surface area contributed by atoms with Gasteiger partial charge in [-0.05, 0) is 24.3 Å². The van der Waals surface area contributed by atoms with Crippen LogP contribution in [0.2, 0.25) is 0 Å². The van der Waals surface area contributed by atoms with Crippen molar-refractivity contribution in [2.45, 2.75) is 6.04 Å². The van der Waals surface area contributed by atoms with Gasteiger partial charge in [0.05, 0.1) is 18.8 Å².